The van der Waals surface area contributed by atoms with Gasteiger partial charge in [0.2, 0.25) is 0 Å². The third-order valence-corrected chi connectivity index (χ3v) is 5.68. The van der Waals surface area contributed by atoms with Gasteiger partial charge in [-0.1, -0.05) is 68.2 Å². The number of unbranched alkanes of at least 4 members (excludes halogenated alkanes) is 1. The Morgan fingerprint density at radius 1 is 1.13 bits per heavy atom. The summed E-state index contributed by atoms with van der Waals surface area (Å²) in [4.78, 5) is 11.1. The van der Waals surface area contributed by atoms with Gasteiger partial charge in [-0.2, -0.15) is 0 Å². The van der Waals surface area contributed by atoms with Crippen LogP contribution in [0.1, 0.15) is 76.7 Å². The summed E-state index contributed by atoms with van der Waals surface area (Å²) < 4.78 is 4.77. The van der Waals surface area contributed by atoms with E-state index in [4.69, 9.17) is 14.9 Å². The number of aliphatic hydroxyl groups excluding tert-OH is 3. The van der Waals surface area contributed by atoms with E-state index in [-0.39, 0.29) is 25.3 Å². The third-order valence-electron chi connectivity index (χ3n) is 5.68. The van der Waals surface area contributed by atoms with Gasteiger partial charge in [0.05, 0.1) is 19.3 Å². The molecule has 1 aliphatic carbocycles. The zero-order valence-corrected chi connectivity index (χ0v) is 19.1. The number of ether oxygens (including phenoxy) is 1. The van der Waals surface area contributed by atoms with Gasteiger partial charge in [0.1, 0.15) is 6.10 Å². The Morgan fingerprint density at radius 3 is 2.42 bits per heavy atom. The number of carbonyl (C=O) groups is 1. The molecule has 5 nitrogen and oxygen atoms in total. The molecule has 0 aromatic heterocycles. The van der Waals surface area contributed by atoms with Crippen LogP contribution in [0.3, 0.4) is 0 Å². The molecule has 1 aromatic rings. The Morgan fingerprint density at radius 2 is 1.81 bits per heavy atom. The molecule has 5 heteroatoms. The summed E-state index contributed by atoms with van der Waals surface area (Å²) in [6.07, 6.45) is 14.7. The van der Waals surface area contributed by atoms with Crippen molar-refractivity contribution in [1.29, 1.82) is 0 Å². The molecule has 1 fully saturated rings. The van der Waals surface area contributed by atoms with Crippen molar-refractivity contribution < 1.29 is 24.9 Å². The SMILES string of the molecule is C/C=C\CCCC(=O)OC(CO)CO.O[C@@H](CCc1ccccc1)CCC1CCCC1. The summed E-state index contributed by atoms with van der Waals surface area (Å²) >= 11 is 0. The number of esters is 1. The van der Waals surface area contributed by atoms with Gasteiger partial charge in [0.15, 0.2) is 0 Å². The van der Waals surface area contributed by atoms with E-state index >= 15 is 0 Å². The fourth-order valence-electron chi connectivity index (χ4n) is 3.76. The molecule has 0 aliphatic heterocycles. The minimum atomic E-state index is -0.774. The highest BCUT2D eigenvalue weighted by Gasteiger charge is 2.16. The standard InChI is InChI=1S/C16H24O.C10H18O4/c17-16(13-11-15-8-4-5-9-15)12-10-14-6-2-1-3-7-14;1-2-3-4-5-6-10(13)14-9(7-11)8-12/h1-3,6-7,15-17H,4-5,8-13H2;2-3,9,11-12H,4-8H2,1H3/b;3-2-/t16-;/m0./s1. The lowest BCUT2D eigenvalue weighted by molar-refractivity contribution is -0.153. The first-order chi connectivity index (χ1) is 15.1. The van der Waals surface area contributed by atoms with E-state index in [0.717, 1.165) is 38.0 Å². The summed E-state index contributed by atoms with van der Waals surface area (Å²) in [5.74, 6) is 0.531. The van der Waals surface area contributed by atoms with Crippen LogP contribution in [0, 0.1) is 5.92 Å². The van der Waals surface area contributed by atoms with Gasteiger partial charge in [0.25, 0.3) is 0 Å². The van der Waals surface area contributed by atoms with Crippen LogP contribution in [0.25, 0.3) is 0 Å². The first-order valence-electron chi connectivity index (χ1n) is 11.8. The van der Waals surface area contributed by atoms with Gasteiger partial charge in [-0.15, -0.1) is 0 Å². The van der Waals surface area contributed by atoms with Crippen LogP contribution in [-0.4, -0.2) is 46.7 Å². The van der Waals surface area contributed by atoms with Crippen LogP contribution in [0.5, 0.6) is 0 Å². The van der Waals surface area contributed by atoms with Gasteiger partial charge in [-0.05, 0) is 56.9 Å². The van der Waals surface area contributed by atoms with Gasteiger partial charge >= 0.3 is 5.97 Å². The molecule has 1 aromatic carbocycles. The lowest BCUT2D eigenvalue weighted by Gasteiger charge is -2.13. The molecule has 176 valence electrons. The Labute approximate surface area is 188 Å². The van der Waals surface area contributed by atoms with Crippen LogP contribution in [0.2, 0.25) is 0 Å². The van der Waals surface area contributed by atoms with Gasteiger partial charge < -0.3 is 20.1 Å². The Hall–Kier alpha value is -1.69. The molecule has 0 radical (unpaired) electrons. The van der Waals surface area contributed by atoms with Crippen molar-refractivity contribution in [2.24, 2.45) is 5.92 Å². The smallest absolute Gasteiger partial charge is 0.306 e. The predicted molar refractivity (Wildman–Crippen MR) is 125 cm³/mol. The number of hydrogen-bond acceptors (Lipinski definition) is 5. The summed E-state index contributed by atoms with van der Waals surface area (Å²) in [7, 11) is 0. The van der Waals surface area contributed by atoms with Crippen LogP contribution in [-0.2, 0) is 16.0 Å². The molecule has 0 heterocycles. The largest absolute Gasteiger partial charge is 0.457 e. The average Bonchev–Trinajstić information content (AvgIpc) is 3.32. The average molecular weight is 435 g/mol. The fraction of sp³-hybridized carbons (Fsp3) is 0.654. The number of rotatable bonds is 13. The van der Waals surface area contributed by atoms with E-state index in [0.29, 0.717) is 6.42 Å². The number of aryl methyl sites for hydroxylation is 1. The molecule has 1 aliphatic rings. The molecule has 31 heavy (non-hydrogen) atoms. The van der Waals surface area contributed by atoms with Crippen molar-refractivity contribution in [3.8, 4) is 0 Å². The van der Waals surface area contributed by atoms with E-state index < -0.39 is 6.10 Å². The zero-order valence-electron chi connectivity index (χ0n) is 19.1. The lowest BCUT2D eigenvalue weighted by Crippen LogP contribution is -2.25. The van der Waals surface area contributed by atoms with Crippen LogP contribution < -0.4 is 0 Å². The van der Waals surface area contributed by atoms with E-state index in [1.807, 2.05) is 25.1 Å². The van der Waals surface area contributed by atoms with Crippen LogP contribution in [0.15, 0.2) is 42.5 Å². The van der Waals surface area contributed by atoms with Crippen molar-refractivity contribution in [3.05, 3.63) is 48.0 Å². The first-order valence-corrected chi connectivity index (χ1v) is 11.8. The zero-order chi connectivity index (χ0) is 22.7. The minimum absolute atomic E-state index is 0.101. The van der Waals surface area contributed by atoms with E-state index in [1.165, 1.54) is 37.7 Å². The number of hydrogen-bond donors (Lipinski definition) is 3. The Balaban J connectivity index is 0.000000318. The molecule has 0 spiro atoms. The molecule has 0 saturated heterocycles. The molecule has 0 unspecified atom stereocenters. The molecular weight excluding hydrogens is 392 g/mol. The second-order valence-electron chi connectivity index (χ2n) is 8.34. The molecule has 0 bridgehead atoms. The monoisotopic (exact) mass is 434 g/mol. The molecule has 1 atom stereocenters. The summed E-state index contributed by atoms with van der Waals surface area (Å²) in [6.45, 7) is 1.25. The van der Waals surface area contributed by atoms with E-state index in [9.17, 15) is 9.90 Å². The van der Waals surface area contributed by atoms with Crippen molar-refractivity contribution in [3.63, 3.8) is 0 Å². The molecule has 3 N–H and O–H groups in total. The maximum Gasteiger partial charge on any atom is 0.306 e. The first kappa shape index (κ1) is 27.3. The van der Waals surface area contributed by atoms with Crippen molar-refractivity contribution in [2.45, 2.75) is 89.8 Å². The third kappa shape index (κ3) is 14.1. The molecule has 1 saturated carbocycles. The Bertz CT molecular complexity index is 577. The van der Waals surface area contributed by atoms with Crippen LogP contribution >= 0.6 is 0 Å². The molecule has 2 rings (SSSR count). The minimum Gasteiger partial charge on any atom is -0.457 e. The second kappa shape index (κ2) is 17.9. The quantitative estimate of drug-likeness (QED) is 0.240. The lowest BCUT2D eigenvalue weighted by atomic mass is 9.97. The van der Waals surface area contributed by atoms with E-state index in [2.05, 4.69) is 24.3 Å². The maximum atomic E-state index is 11.1. The second-order valence-corrected chi connectivity index (χ2v) is 8.34. The number of carbonyl (C=O) groups excluding carboxylic acids is 1. The van der Waals surface area contributed by atoms with Gasteiger partial charge in [-0.25, -0.2) is 0 Å². The van der Waals surface area contributed by atoms with E-state index in [1.54, 1.807) is 0 Å². The number of benzene rings is 1. The summed E-state index contributed by atoms with van der Waals surface area (Å²) in [5.41, 5.74) is 1.34. The molecular formula is C26H42O5. The topological polar surface area (TPSA) is 87.0 Å². The van der Waals surface area contributed by atoms with Crippen molar-refractivity contribution in [1.82, 2.24) is 0 Å². The highest BCUT2D eigenvalue weighted by molar-refractivity contribution is 5.69. The maximum absolute atomic E-state index is 11.1. The normalized spacial score (nSPS) is 15.1. The van der Waals surface area contributed by atoms with Gasteiger partial charge in [-0.3, -0.25) is 4.79 Å². The summed E-state index contributed by atoms with van der Waals surface area (Å²) in [6, 6.07) is 10.5. The van der Waals surface area contributed by atoms with Gasteiger partial charge in [0, 0.05) is 6.42 Å². The van der Waals surface area contributed by atoms with Crippen molar-refractivity contribution >= 4 is 5.97 Å². The molecule has 0 amide bonds. The number of aliphatic hydroxyl groups is 3. The predicted octanol–water partition coefficient (Wildman–Crippen LogP) is 4.58. The van der Waals surface area contributed by atoms with Crippen LogP contribution in [0.4, 0.5) is 0 Å². The fourth-order valence-corrected chi connectivity index (χ4v) is 3.76. The highest BCUT2D eigenvalue weighted by atomic mass is 16.6. The van der Waals surface area contributed by atoms with Crippen molar-refractivity contribution in [2.75, 3.05) is 13.2 Å². The number of allylic oxidation sites excluding steroid dienone is 2. The summed E-state index contributed by atoms with van der Waals surface area (Å²) in [5, 5.41) is 27.2. The highest BCUT2D eigenvalue weighted by Crippen LogP contribution is 2.29. The Kier molecular flexibility index (Phi) is 15.8.